The van der Waals surface area contributed by atoms with Gasteiger partial charge in [-0.3, -0.25) is 4.79 Å². The molecule has 3 fully saturated rings. The Morgan fingerprint density at radius 3 is 2.62 bits per heavy atom. The standard InChI is InChI=1S/C24H33N5O4S/c30-23(29-10-3-5-18-4-1-2-6-21(18)29)19-7-8-22-20(16-19)26-17-28(22)11-9-25-24(31)27-12-14-34(32,33)15-13-27/h7-8,16-18,21H,1-6,9-15H2,(H,25,31). The Bertz CT molecular complexity index is 1160. The summed E-state index contributed by atoms with van der Waals surface area (Å²) in [5.74, 6) is 0.807. The lowest BCUT2D eigenvalue weighted by Gasteiger charge is -2.44. The summed E-state index contributed by atoms with van der Waals surface area (Å²) >= 11 is 0. The van der Waals surface area contributed by atoms with Gasteiger partial charge in [0.1, 0.15) is 0 Å². The van der Waals surface area contributed by atoms with Crippen LogP contribution in [0.1, 0.15) is 48.9 Å². The van der Waals surface area contributed by atoms with Crippen molar-refractivity contribution in [2.75, 3.05) is 37.7 Å². The van der Waals surface area contributed by atoms with Gasteiger partial charge in [-0.05, 0) is 49.8 Å². The van der Waals surface area contributed by atoms with Crippen LogP contribution < -0.4 is 5.32 Å². The first kappa shape index (κ1) is 23.1. The highest BCUT2D eigenvalue weighted by Crippen LogP contribution is 2.36. The quantitative estimate of drug-likeness (QED) is 0.712. The van der Waals surface area contributed by atoms with Crippen LogP contribution in [-0.4, -0.2) is 83.4 Å². The Hall–Kier alpha value is -2.62. The minimum atomic E-state index is -3.01. The molecule has 2 saturated heterocycles. The number of hydrogen-bond acceptors (Lipinski definition) is 5. The molecule has 3 aliphatic rings. The maximum Gasteiger partial charge on any atom is 0.317 e. The number of aromatic nitrogens is 2. The summed E-state index contributed by atoms with van der Waals surface area (Å²) in [4.78, 5) is 33.8. The van der Waals surface area contributed by atoms with Crippen molar-refractivity contribution < 1.29 is 18.0 Å². The van der Waals surface area contributed by atoms with Gasteiger partial charge in [-0.2, -0.15) is 0 Å². The molecular formula is C24H33N5O4S. The van der Waals surface area contributed by atoms with Crippen LogP contribution in [0.4, 0.5) is 4.79 Å². The Labute approximate surface area is 200 Å². The van der Waals surface area contributed by atoms with Gasteiger partial charge in [0.25, 0.3) is 5.91 Å². The molecule has 1 aliphatic carbocycles. The van der Waals surface area contributed by atoms with Gasteiger partial charge in [-0.25, -0.2) is 18.2 Å². The molecule has 2 unspecified atom stereocenters. The van der Waals surface area contributed by atoms with Crippen LogP contribution >= 0.6 is 0 Å². The molecule has 1 N–H and O–H groups in total. The van der Waals surface area contributed by atoms with Crippen LogP contribution in [0.5, 0.6) is 0 Å². The van der Waals surface area contributed by atoms with Crippen molar-refractivity contribution in [2.24, 2.45) is 5.92 Å². The highest BCUT2D eigenvalue weighted by Gasteiger charge is 2.36. The molecule has 1 aromatic heterocycles. The summed E-state index contributed by atoms with van der Waals surface area (Å²) in [5.41, 5.74) is 2.39. The number of rotatable bonds is 4. The number of nitrogens with zero attached hydrogens (tertiary/aromatic N) is 4. The first-order chi connectivity index (χ1) is 16.4. The molecule has 1 saturated carbocycles. The average Bonchev–Trinajstić information content (AvgIpc) is 3.25. The summed E-state index contributed by atoms with van der Waals surface area (Å²) in [7, 11) is -3.01. The first-order valence-electron chi connectivity index (χ1n) is 12.4. The van der Waals surface area contributed by atoms with Crippen molar-refractivity contribution in [2.45, 2.75) is 51.1 Å². The molecule has 0 bridgehead atoms. The number of benzene rings is 1. The van der Waals surface area contributed by atoms with Gasteiger partial charge in [-0.15, -0.1) is 0 Å². The predicted octanol–water partition coefficient (Wildman–Crippen LogP) is 2.27. The van der Waals surface area contributed by atoms with Gasteiger partial charge in [0.2, 0.25) is 0 Å². The lowest BCUT2D eigenvalue weighted by molar-refractivity contribution is 0.0391. The third-order valence-electron chi connectivity index (χ3n) is 7.63. The number of amides is 3. The first-order valence-corrected chi connectivity index (χ1v) is 14.2. The van der Waals surface area contributed by atoms with Gasteiger partial charge >= 0.3 is 6.03 Å². The third kappa shape index (κ3) is 4.78. The van der Waals surface area contributed by atoms with Crippen molar-refractivity contribution in [1.82, 2.24) is 24.7 Å². The van der Waals surface area contributed by atoms with E-state index in [0.717, 1.165) is 30.4 Å². The number of carbonyl (C=O) groups is 2. The van der Waals surface area contributed by atoms with Crippen LogP contribution in [0.15, 0.2) is 24.5 Å². The second-order valence-corrected chi connectivity index (χ2v) is 12.1. The van der Waals surface area contributed by atoms with Gasteiger partial charge < -0.3 is 19.7 Å². The maximum atomic E-state index is 13.3. The fourth-order valence-electron chi connectivity index (χ4n) is 5.73. The monoisotopic (exact) mass is 487 g/mol. The van der Waals surface area contributed by atoms with Gasteiger partial charge in [0.05, 0.1) is 28.9 Å². The van der Waals surface area contributed by atoms with E-state index < -0.39 is 9.84 Å². The third-order valence-corrected chi connectivity index (χ3v) is 9.24. The largest absolute Gasteiger partial charge is 0.336 e. The molecule has 3 amide bonds. The zero-order valence-corrected chi connectivity index (χ0v) is 20.3. The number of carbonyl (C=O) groups excluding carboxylic acids is 2. The number of sulfone groups is 1. The van der Waals surface area contributed by atoms with E-state index in [4.69, 9.17) is 0 Å². The fourth-order valence-corrected chi connectivity index (χ4v) is 6.93. The molecule has 0 spiro atoms. The lowest BCUT2D eigenvalue weighted by Crippen LogP contribution is -2.49. The molecule has 5 rings (SSSR count). The van der Waals surface area contributed by atoms with Gasteiger partial charge in [0.15, 0.2) is 9.84 Å². The molecular weight excluding hydrogens is 454 g/mol. The molecule has 3 heterocycles. The molecule has 2 aromatic rings. The molecule has 0 radical (unpaired) electrons. The fraction of sp³-hybridized carbons (Fsp3) is 0.625. The van der Waals surface area contributed by atoms with E-state index in [9.17, 15) is 18.0 Å². The van der Waals surface area contributed by atoms with Crippen molar-refractivity contribution >= 4 is 32.8 Å². The SMILES string of the molecule is O=C(NCCn1cnc2cc(C(=O)N3CCCC4CCCCC43)ccc21)N1CCS(=O)(=O)CC1. The van der Waals surface area contributed by atoms with E-state index in [-0.39, 0.29) is 36.5 Å². The van der Waals surface area contributed by atoms with E-state index in [1.807, 2.05) is 22.8 Å². The number of hydrogen-bond donors (Lipinski definition) is 1. The number of imidazole rings is 1. The lowest BCUT2D eigenvalue weighted by atomic mass is 9.78. The Balaban J connectivity index is 1.20. The maximum absolute atomic E-state index is 13.3. The van der Waals surface area contributed by atoms with E-state index in [1.54, 1.807) is 11.2 Å². The number of likely N-dealkylation sites (tertiary alicyclic amines) is 1. The molecule has 9 nitrogen and oxygen atoms in total. The zero-order valence-electron chi connectivity index (χ0n) is 19.5. The van der Waals surface area contributed by atoms with E-state index in [2.05, 4.69) is 15.2 Å². The summed E-state index contributed by atoms with van der Waals surface area (Å²) in [5, 5.41) is 2.86. The van der Waals surface area contributed by atoms with E-state index >= 15 is 0 Å². The molecule has 2 aliphatic heterocycles. The zero-order chi connectivity index (χ0) is 23.7. The predicted molar refractivity (Wildman–Crippen MR) is 129 cm³/mol. The normalized spacial score (nSPS) is 24.6. The molecule has 10 heteroatoms. The summed E-state index contributed by atoms with van der Waals surface area (Å²) < 4.78 is 25.0. The molecule has 2 atom stereocenters. The Kier molecular flexibility index (Phi) is 6.50. The van der Waals surface area contributed by atoms with Crippen molar-refractivity contribution in [3.63, 3.8) is 0 Å². The number of urea groups is 1. The second kappa shape index (κ2) is 9.56. The highest BCUT2D eigenvalue weighted by atomic mass is 32.2. The molecule has 1 aromatic carbocycles. The van der Waals surface area contributed by atoms with Crippen LogP contribution in [0.3, 0.4) is 0 Å². The van der Waals surface area contributed by atoms with Crippen molar-refractivity contribution in [3.05, 3.63) is 30.1 Å². The molecule has 34 heavy (non-hydrogen) atoms. The summed E-state index contributed by atoms with van der Waals surface area (Å²) in [6, 6.07) is 5.85. The Morgan fingerprint density at radius 2 is 1.79 bits per heavy atom. The topological polar surface area (TPSA) is 105 Å². The number of fused-ring (bicyclic) bond motifs is 2. The highest BCUT2D eigenvalue weighted by molar-refractivity contribution is 7.91. The van der Waals surface area contributed by atoms with Crippen LogP contribution in [0, 0.1) is 5.92 Å². The van der Waals surface area contributed by atoms with Gasteiger partial charge in [0, 0.05) is 44.3 Å². The van der Waals surface area contributed by atoms with Crippen LogP contribution in [0.25, 0.3) is 11.0 Å². The Morgan fingerprint density at radius 1 is 1.03 bits per heavy atom. The smallest absolute Gasteiger partial charge is 0.317 e. The van der Waals surface area contributed by atoms with E-state index in [0.29, 0.717) is 30.6 Å². The average molecular weight is 488 g/mol. The van der Waals surface area contributed by atoms with Crippen molar-refractivity contribution in [1.29, 1.82) is 0 Å². The molecule has 184 valence electrons. The number of nitrogens with one attached hydrogen (secondary N) is 1. The minimum Gasteiger partial charge on any atom is -0.336 e. The van der Waals surface area contributed by atoms with Gasteiger partial charge in [-0.1, -0.05) is 12.8 Å². The number of piperidine rings is 1. The van der Waals surface area contributed by atoms with Crippen molar-refractivity contribution in [3.8, 4) is 0 Å². The van der Waals surface area contributed by atoms with Crippen LogP contribution in [-0.2, 0) is 16.4 Å². The summed E-state index contributed by atoms with van der Waals surface area (Å²) in [6.07, 6.45) is 8.91. The minimum absolute atomic E-state index is 0.0203. The summed E-state index contributed by atoms with van der Waals surface area (Å²) in [6.45, 7) is 2.26. The van der Waals surface area contributed by atoms with Crippen LogP contribution in [0.2, 0.25) is 0 Å². The second-order valence-electron chi connectivity index (χ2n) is 9.76. The van der Waals surface area contributed by atoms with E-state index in [1.165, 1.54) is 25.7 Å².